The van der Waals surface area contributed by atoms with Crippen LogP contribution in [0.1, 0.15) is 12.8 Å². The quantitative estimate of drug-likeness (QED) is 0.874. The maximum Gasteiger partial charge on any atom is 0.128 e. The maximum absolute atomic E-state index is 13.2. The van der Waals surface area contributed by atoms with Crippen LogP contribution in [0.3, 0.4) is 0 Å². The number of benzene rings is 1. The van der Waals surface area contributed by atoms with Gasteiger partial charge in [-0.15, -0.1) is 12.4 Å². The number of likely N-dealkylation sites (tertiary alicyclic amines) is 1. The lowest BCUT2D eigenvalue weighted by Gasteiger charge is -2.18. The van der Waals surface area contributed by atoms with E-state index in [-0.39, 0.29) is 18.2 Å². The topological polar surface area (TPSA) is 38.5 Å². The summed E-state index contributed by atoms with van der Waals surface area (Å²) in [5.74, 6) is 1.73. The molecule has 1 aromatic carbocycles. The first-order valence-corrected chi connectivity index (χ1v) is 7.98. The lowest BCUT2D eigenvalue weighted by atomic mass is 9.98. The van der Waals surface area contributed by atoms with Gasteiger partial charge < -0.3 is 10.5 Å². The Morgan fingerprint density at radius 2 is 2.10 bits per heavy atom. The lowest BCUT2D eigenvalue weighted by Crippen LogP contribution is -2.32. The van der Waals surface area contributed by atoms with Gasteiger partial charge in [-0.3, -0.25) is 4.90 Å². The summed E-state index contributed by atoms with van der Waals surface area (Å²) in [5.41, 5.74) is 6.13. The molecule has 0 amide bonds. The van der Waals surface area contributed by atoms with Crippen LogP contribution in [0.5, 0.6) is 5.75 Å². The number of nitrogens with zero attached hydrogens (tertiary/aromatic N) is 1. The highest BCUT2D eigenvalue weighted by atomic mass is 79.9. The van der Waals surface area contributed by atoms with Crippen LogP contribution in [0.4, 0.5) is 4.39 Å². The van der Waals surface area contributed by atoms with E-state index >= 15 is 0 Å². The second-order valence-electron chi connectivity index (χ2n) is 5.88. The molecule has 2 aliphatic rings. The van der Waals surface area contributed by atoms with E-state index in [2.05, 4.69) is 20.8 Å². The molecule has 1 aromatic rings. The number of hydrogen-bond donors (Lipinski definition) is 1. The SMILES string of the molecule is Cl.NC1CCC2CN(CCOc3cc(F)cc(Br)c3)CC12. The molecule has 6 heteroatoms. The van der Waals surface area contributed by atoms with Crippen LogP contribution in [-0.4, -0.2) is 37.2 Å². The van der Waals surface area contributed by atoms with E-state index in [0.717, 1.165) is 25.6 Å². The van der Waals surface area contributed by atoms with Crippen molar-refractivity contribution in [3.8, 4) is 5.75 Å². The predicted molar refractivity (Wildman–Crippen MR) is 87.5 cm³/mol. The average molecular weight is 380 g/mol. The summed E-state index contributed by atoms with van der Waals surface area (Å²) in [6.45, 7) is 3.69. The standard InChI is InChI=1S/C15H20BrFN2O.ClH/c16-11-5-12(17)7-13(6-11)20-4-3-19-8-10-1-2-15(18)14(10)9-19;/h5-7,10,14-15H,1-4,8-9,18H2;1H. The monoisotopic (exact) mass is 378 g/mol. The first kappa shape index (κ1) is 17.0. The molecule has 1 aliphatic carbocycles. The van der Waals surface area contributed by atoms with Crippen molar-refractivity contribution in [2.24, 2.45) is 17.6 Å². The van der Waals surface area contributed by atoms with Crippen molar-refractivity contribution in [1.29, 1.82) is 0 Å². The number of fused-ring (bicyclic) bond motifs is 1. The van der Waals surface area contributed by atoms with Gasteiger partial charge in [0.2, 0.25) is 0 Å². The van der Waals surface area contributed by atoms with Gasteiger partial charge >= 0.3 is 0 Å². The predicted octanol–water partition coefficient (Wildman–Crippen LogP) is 3.06. The van der Waals surface area contributed by atoms with Crippen molar-refractivity contribution < 1.29 is 9.13 Å². The summed E-state index contributed by atoms with van der Waals surface area (Å²) in [6.07, 6.45) is 2.44. The third-order valence-corrected chi connectivity index (χ3v) is 4.96. The fourth-order valence-electron chi connectivity index (χ4n) is 3.49. The van der Waals surface area contributed by atoms with Crippen LogP contribution in [0.2, 0.25) is 0 Å². The van der Waals surface area contributed by atoms with E-state index in [9.17, 15) is 4.39 Å². The summed E-state index contributed by atoms with van der Waals surface area (Å²) >= 11 is 3.27. The first-order chi connectivity index (χ1) is 9.61. The molecule has 3 nitrogen and oxygen atoms in total. The zero-order valence-electron chi connectivity index (χ0n) is 11.8. The lowest BCUT2D eigenvalue weighted by molar-refractivity contribution is 0.225. The molecule has 3 rings (SSSR count). The summed E-state index contributed by atoms with van der Waals surface area (Å²) in [7, 11) is 0. The number of hydrogen-bond acceptors (Lipinski definition) is 3. The smallest absolute Gasteiger partial charge is 0.128 e. The highest BCUT2D eigenvalue weighted by molar-refractivity contribution is 9.10. The minimum atomic E-state index is -0.281. The van der Waals surface area contributed by atoms with E-state index in [0.29, 0.717) is 28.8 Å². The number of ether oxygens (including phenoxy) is 1. The van der Waals surface area contributed by atoms with Crippen LogP contribution in [0.15, 0.2) is 22.7 Å². The number of rotatable bonds is 4. The number of halogens is 3. The van der Waals surface area contributed by atoms with Gasteiger partial charge in [-0.1, -0.05) is 15.9 Å². The molecule has 2 fully saturated rings. The van der Waals surface area contributed by atoms with Gasteiger partial charge in [0.25, 0.3) is 0 Å². The van der Waals surface area contributed by atoms with Crippen molar-refractivity contribution in [2.45, 2.75) is 18.9 Å². The van der Waals surface area contributed by atoms with Gasteiger partial charge in [0, 0.05) is 36.2 Å². The summed E-state index contributed by atoms with van der Waals surface area (Å²) in [4.78, 5) is 2.42. The van der Waals surface area contributed by atoms with Crippen molar-refractivity contribution in [2.75, 3.05) is 26.2 Å². The molecule has 0 bridgehead atoms. The second-order valence-corrected chi connectivity index (χ2v) is 6.79. The first-order valence-electron chi connectivity index (χ1n) is 7.18. The fraction of sp³-hybridized carbons (Fsp3) is 0.600. The number of nitrogens with two attached hydrogens (primary N) is 1. The molecule has 3 unspecified atom stereocenters. The van der Waals surface area contributed by atoms with Gasteiger partial charge in [0.05, 0.1) is 0 Å². The fourth-order valence-corrected chi connectivity index (χ4v) is 3.93. The normalized spacial score (nSPS) is 28.2. The Hall–Kier alpha value is -0.360. The van der Waals surface area contributed by atoms with Crippen LogP contribution < -0.4 is 10.5 Å². The van der Waals surface area contributed by atoms with E-state index in [4.69, 9.17) is 10.5 Å². The third kappa shape index (κ3) is 4.09. The van der Waals surface area contributed by atoms with Crippen molar-refractivity contribution in [3.05, 3.63) is 28.5 Å². The molecule has 0 aromatic heterocycles. The molecular weight excluding hydrogens is 359 g/mol. The Labute approximate surface area is 139 Å². The maximum atomic E-state index is 13.2. The second kappa shape index (κ2) is 7.27. The molecule has 118 valence electrons. The Bertz CT molecular complexity index is 470. The van der Waals surface area contributed by atoms with E-state index in [1.807, 2.05) is 0 Å². The Balaban J connectivity index is 0.00000161. The summed E-state index contributed by atoms with van der Waals surface area (Å²) < 4.78 is 19.6. The molecule has 21 heavy (non-hydrogen) atoms. The molecule has 2 N–H and O–H groups in total. The molecule has 3 atom stereocenters. The zero-order valence-corrected chi connectivity index (χ0v) is 14.2. The minimum absolute atomic E-state index is 0. The molecule has 0 radical (unpaired) electrons. The van der Waals surface area contributed by atoms with Crippen molar-refractivity contribution in [1.82, 2.24) is 4.90 Å². The molecule has 1 aliphatic heterocycles. The van der Waals surface area contributed by atoms with Gasteiger partial charge in [0.15, 0.2) is 0 Å². The van der Waals surface area contributed by atoms with Crippen LogP contribution in [0.25, 0.3) is 0 Å². The summed E-state index contributed by atoms with van der Waals surface area (Å²) in [6, 6.07) is 5.01. The highest BCUT2D eigenvalue weighted by Crippen LogP contribution is 2.36. The van der Waals surface area contributed by atoms with Crippen LogP contribution >= 0.6 is 28.3 Å². The molecule has 1 saturated carbocycles. The van der Waals surface area contributed by atoms with Gasteiger partial charge in [-0.25, -0.2) is 4.39 Å². The van der Waals surface area contributed by atoms with E-state index in [1.54, 1.807) is 6.07 Å². The van der Waals surface area contributed by atoms with Gasteiger partial charge in [-0.2, -0.15) is 0 Å². The highest BCUT2D eigenvalue weighted by Gasteiger charge is 2.40. The average Bonchev–Trinajstić information content (AvgIpc) is 2.91. The van der Waals surface area contributed by atoms with E-state index in [1.165, 1.54) is 25.0 Å². The van der Waals surface area contributed by atoms with E-state index < -0.39 is 0 Å². The van der Waals surface area contributed by atoms with Crippen molar-refractivity contribution in [3.63, 3.8) is 0 Å². The summed E-state index contributed by atoms with van der Waals surface area (Å²) in [5, 5.41) is 0. The molecule has 1 heterocycles. The Morgan fingerprint density at radius 1 is 1.29 bits per heavy atom. The minimum Gasteiger partial charge on any atom is -0.492 e. The zero-order chi connectivity index (χ0) is 14.1. The van der Waals surface area contributed by atoms with Crippen LogP contribution in [0, 0.1) is 17.7 Å². The molecular formula is C15H21BrClFN2O. The third-order valence-electron chi connectivity index (χ3n) is 4.50. The van der Waals surface area contributed by atoms with Gasteiger partial charge in [-0.05, 0) is 36.8 Å². The largest absolute Gasteiger partial charge is 0.492 e. The Kier molecular flexibility index (Phi) is 5.88. The van der Waals surface area contributed by atoms with Crippen molar-refractivity contribution >= 4 is 28.3 Å². The Morgan fingerprint density at radius 3 is 2.81 bits per heavy atom. The molecule has 1 saturated heterocycles. The van der Waals surface area contributed by atoms with Gasteiger partial charge in [0.1, 0.15) is 18.2 Å². The van der Waals surface area contributed by atoms with Crippen LogP contribution in [-0.2, 0) is 0 Å². The molecule has 0 spiro atoms.